The Morgan fingerprint density at radius 2 is 2.13 bits per heavy atom. The molecule has 0 aliphatic carbocycles. The minimum absolute atomic E-state index is 0.175. The van der Waals surface area contributed by atoms with Gasteiger partial charge < -0.3 is 4.79 Å². The average molecular weight is 203 g/mol. The van der Waals surface area contributed by atoms with Crippen molar-refractivity contribution in [1.29, 1.82) is 0 Å². The van der Waals surface area contributed by atoms with Gasteiger partial charge in [-0.25, -0.2) is 0 Å². The molecule has 0 radical (unpaired) electrons. The molecule has 0 aromatic heterocycles. The summed E-state index contributed by atoms with van der Waals surface area (Å²) in [7, 11) is 0. The summed E-state index contributed by atoms with van der Waals surface area (Å²) in [6.07, 6.45) is 4.35. The van der Waals surface area contributed by atoms with Crippen LogP contribution in [0.25, 0.3) is 0 Å². The predicted molar refractivity (Wildman–Crippen MR) is 60.8 cm³/mol. The Balaban J connectivity index is 1.85. The second-order valence-corrected chi connectivity index (χ2v) is 4.12. The number of carbonyl (C=O) groups is 1. The van der Waals surface area contributed by atoms with E-state index in [1.165, 1.54) is 5.56 Å². The molecule has 0 bridgehead atoms. The smallest absolute Gasteiger partial charge is 0.137 e. The average Bonchev–Trinajstić information content (AvgIpc) is 2.75. The molecule has 1 aromatic carbocycles. The highest BCUT2D eigenvalue weighted by Gasteiger charge is 2.22. The van der Waals surface area contributed by atoms with Crippen LogP contribution < -0.4 is 0 Å². The Bertz CT molecular complexity index is 310. The molecule has 80 valence electrons. The number of likely N-dealkylation sites (tertiary alicyclic amines) is 1. The molecule has 15 heavy (non-hydrogen) atoms. The van der Waals surface area contributed by atoms with Crippen LogP contribution in [0.3, 0.4) is 0 Å². The topological polar surface area (TPSA) is 20.3 Å². The standard InChI is InChI=1S/C13H17NO/c15-11-13-7-4-9-14(13)10-8-12-5-2-1-3-6-12/h1-3,5-6,11,13H,4,7-10H2. The highest BCUT2D eigenvalue weighted by molar-refractivity contribution is 5.58. The molecule has 1 aliphatic heterocycles. The van der Waals surface area contributed by atoms with Crippen molar-refractivity contribution < 1.29 is 4.79 Å². The summed E-state index contributed by atoms with van der Waals surface area (Å²) < 4.78 is 0. The minimum atomic E-state index is 0.175. The van der Waals surface area contributed by atoms with Crippen molar-refractivity contribution in [1.82, 2.24) is 4.90 Å². The highest BCUT2D eigenvalue weighted by Crippen LogP contribution is 2.15. The predicted octanol–water partition coefficient (Wildman–Crippen LogP) is 1.89. The van der Waals surface area contributed by atoms with E-state index in [9.17, 15) is 4.79 Å². The van der Waals surface area contributed by atoms with Gasteiger partial charge in [0.15, 0.2) is 0 Å². The van der Waals surface area contributed by atoms with Gasteiger partial charge >= 0.3 is 0 Å². The summed E-state index contributed by atoms with van der Waals surface area (Å²) in [4.78, 5) is 13.1. The normalized spacial score (nSPS) is 21.7. The number of aldehydes is 1. The Hall–Kier alpha value is -1.15. The Kier molecular flexibility index (Phi) is 3.51. The number of benzene rings is 1. The monoisotopic (exact) mass is 203 g/mol. The maximum absolute atomic E-state index is 10.8. The molecule has 2 rings (SSSR count). The molecule has 1 aromatic rings. The highest BCUT2D eigenvalue weighted by atomic mass is 16.1. The van der Waals surface area contributed by atoms with E-state index in [-0.39, 0.29) is 6.04 Å². The fourth-order valence-electron chi connectivity index (χ4n) is 2.20. The van der Waals surface area contributed by atoms with Crippen LogP contribution in [0.5, 0.6) is 0 Å². The maximum Gasteiger partial charge on any atom is 0.137 e. The molecular weight excluding hydrogens is 186 g/mol. The van der Waals surface area contributed by atoms with Gasteiger partial charge in [0.2, 0.25) is 0 Å². The van der Waals surface area contributed by atoms with Gasteiger partial charge in [-0.3, -0.25) is 4.90 Å². The zero-order valence-electron chi connectivity index (χ0n) is 8.93. The number of hydrogen-bond acceptors (Lipinski definition) is 2. The third-order valence-corrected chi connectivity index (χ3v) is 3.10. The Morgan fingerprint density at radius 1 is 1.33 bits per heavy atom. The summed E-state index contributed by atoms with van der Waals surface area (Å²) in [5.74, 6) is 0. The molecule has 2 heteroatoms. The summed E-state index contributed by atoms with van der Waals surface area (Å²) in [6.45, 7) is 2.09. The first-order valence-corrected chi connectivity index (χ1v) is 5.63. The van der Waals surface area contributed by atoms with E-state index in [4.69, 9.17) is 0 Å². The van der Waals surface area contributed by atoms with Crippen LogP contribution in [0.15, 0.2) is 30.3 Å². The zero-order chi connectivity index (χ0) is 10.5. The molecule has 1 atom stereocenters. The van der Waals surface area contributed by atoms with E-state index in [1.807, 2.05) is 6.07 Å². The van der Waals surface area contributed by atoms with Gasteiger partial charge in [0.05, 0.1) is 6.04 Å². The number of carbonyl (C=O) groups excluding carboxylic acids is 1. The first-order valence-electron chi connectivity index (χ1n) is 5.63. The minimum Gasteiger partial charge on any atom is -0.302 e. The molecule has 0 N–H and O–H groups in total. The quantitative estimate of drug-likeness (QED) is 0.696. The van der Waals surface area contributed by atoms with Gasteiger partial charge in [-0.05, 0) is 31.4 Å². The first kappa shape index (κ1) is 10.4. The van der Waals surface area contributed by atoms with Crippen molar-refractivity contribution in [3.63, 3.8) is 0 Å². The van der Waals surface area contributed by atoms with Crippen molar-refractivity contribution in [3.8, 4) is 0 Å². The van der Waals surface area contributed by atoms with Gasteiger partial charge in [0.1, 0.15) is 6.29 Å². The number of hydrogen-bond donors (Lipinski definition) is 0. The third-order valence-electron chi connectivity index (χ3n) is 3.10. The molecule has 1 heterocycles. The van der Waals surface area contributed by atoms with Crippen molar-refractivity contribution in [2.75, 3.05) is 13.1 Å². The summed E-state index contributed by atoms with van der Waals surface area (Å²) in [5.41, 5.74) is 1.36. The molecule has 0 saturated carbocycles. The van der Waals surface area contributed by atoms with Crippen molar-refractivity contribution in [3.05, 3.63) is 35.9 Å². The van der Waals surface area contributed by atoms with Crippen LogP contribution in [0.1, 0.15) is 18.4 Å². The molecule has 0 spiro atoms. The van der Waals surface area contributed by atoms with Gasteiger partial charge in [-0.15, -0.1) is 0 Å². The molecule has 2 nitrogen and oxygen atoms in total. The van der Waals surface area contributed by atoms with Crippen LogP contribution in [0.2, 0.25) is 0 Å². The van der Waals surface area contributed by atoms with Gasteiger partial charge in [0, 0.05) is 6.54 Å². The van der Waals surface area contributed by atoms with Gasteiger partial charge in [0.25, 0.3) is 0 Å². The van der Waals surface area contributed by atoms with E-state index in [0.29, 0.717) is 0 Å². The molecular formula is C13H17NO. The maximum atomic E-state index is 10.8. The van der Waals surface area contributed by atoms with E-state index in [0.717, 1.165) is 38.6 Å². The third kappa shape index (κ3) is 2.66. The lowest BCUT2D eigenvalue weighted by Crippen LogP contribution is -2.32. The summed E-state index contributed by atoms with van der Waals surface area (Å²) >= 11 is 0. The van der Waals surface area contributed by atoms with Gasteiger partial charge in [-0.2, -0.15) is 0 Å². The summed E-state index contributed by atoms with van der Waals surface area (Å²) in [5, 5.41) is 0. The Morgan fingerprint density at radius 3 is 2.87 bits per heavy atom. The van der Waals surface area contributed by atoms with Crippen LogP contribution in [0.4, 0.5) is 0 Å². The lowest BCUT2D eigenvalue weighted by atomic mass is 10.1. The molecule has 1 aliphatic rings. The lowest BCUT2D eigenvalue weighted by molar-refractivity contribution is -0.111. The van der Waals surface area contributed by atoms with Crippen molar-refractivity contribution in [2.24, 2.45) is 0 Å². The van der Waals surface area contributed by atoms with E-state index in [1.54, 1.807) is 0 Å². The van der Waals surface area contributed by atoms with E-state index in [2.05, 4.69) is 29.2 Å². The van der Waals surface area contributed by atoms with Gasteiger partial charge in [-0.1, -0.05) is 30.3 Å². The van der Waals surface area contributed by atoms with Crippen LogP contribution >= 0.6 is 0 Å². The second kappa shape index (κ2) is 5.08. The largest absolute Gasteiger partial charge is 0.302 e. The fourth-order valence-corrected chi connectivity index (χ4v) is 2.20. The second-order valence-electron chi connectivity index (χ2n) is 4.12. The molecule has 1 fully saturated rings. The zero-order valence-corrected chi connectivity index (χ0v) is 8.93. The van der Waals surface area contributed by atoms with Crippen LogP contribution in [0, 0.1) is 0 Å². The SMILES string of the molecule is O=CC1CCCN1CCc1ccccc1. The lowest BCUT2D eigenvalue weighted by Gasteiger charge is -2.19. The Labute approximate surface area is 90.9 Å². The van der Waals surface area contributed by atoms with E-state index >= 15 is 0 Å². The fraction of sp³-hybridized carbons (Fsp3) is 0.462. The van der Waals surface area contributed by atoms with E-state index < -0.39 is 0 Å². The van der Waals surface area contributed by atoms with Crippen molar-refractivity contribution in [2.45, 2.75) is 25.3 Å². The molecule has 0 amide bonds. The van der Waals surface area contributed by atoms with Crippen LogP contribution in [-0.4, -0.2) is 30.3 Å². The van der Waals surface area contributed by atoms with Crippen molar-refractivity contribution >= 4 is 6.29 Å². The van der Waals surface area contributed by atoms with Crippen LogP contribution in [-0.2, 0) is 11.2 Å². The molecule has 1 unspecified atom stereocenters. The number of nitrogens with zero attached hydrogens (tertiary/aromatic N) is 1. The summed E-state index contributed by atoms with van der Waals surface area (Å²) in [6, 6.07) is 10.6. The number of rotatable bonds is 4. The molecule has 1 saturated heterocycles. The first-order chi connectivity index (χ1) is 7.40.